The maximum absolute atomic E-state index is 12.0. The zero-order valence-electron chi connectivity index (χ0n) is 9.44. The first-order chi connectivity index (χ1) is 8.61. The summed E-state index contributed by atoms with van der Waals surface area (Å²) >= 11 is 7.62. The second-order valence-electron chi connectivity index (χ2n) is 3.82. The van der Waals surface area contributed by atoms with Gasteiger partial charge in [0.1, 0.15) is 0 Å². The van der Waals surface area contributed by atoms with E-state index >= 15 is 0 Å². The van der Waals surface area contributed by atoms with Gasteiger partial charge in [-0.3, -0.25) is 4.79 Å². The predicted molar refractivity (Wildman–Crippen MR) is 74.3 cm³/mol. The van der Waals surface area contributed by atoms with Crippen LogP contribution in [0.15, 0.2) is 17.1 Å². The van der Waals surface area contributed by atoms with E-state index in [9.17, 15) is 4.79 Å². The number of carbonyl (C=O) groups excluding carboxylic acids is 1. The maximum Gasteiger partial charge on any atom is 0.279 e. The minimum absolute atomic E-state index is 0.177. The van der Waals surface area contributed by atoms with Gasteiger partial charge in [-0.05, 0) is 24.3 Å². The van der Waals surface area contributed by atoms with Crippen molar-refractivity contribution in [3.8, 4) is 6.07 Å². The first-order valence-corrected chi connectivity index (χ1v) is 6.82. The normalized spacial score (nSPS) is 16.8. The molecule has 0 bridgehead atoms. The summed E-state index contributed by atoms with van der Waals surface area (Å²) < 4.78 is 0. The molecule has 92 valence electrons. The van der Waals surface area contributed by atoms with Crippen LogP contribution in [0, 0.1) is 11.3 Å². The van der Waals surface area contributed by atoms with Crippen molar-refractivity contribution in [1.82, 2.24) is 0 Å². The van der Waals surface area contributed by atoms with Gasteiger partial charge in [-0.15, -0.1) is 0 Å². The summed E-state index contributed by atoms with van der Waals surface area (Å²) in [5.74, 6) is 1.33. The maximum atomic E-state index is 12.0. The Bertz CT molecular complexity index is 569. The Morgan fingerprint density at radius 3 is 2.94 bits per heavy atom. The van der Waals surface area contributed by atoms with E-state index in [1.165, 1.54) is 12.1 Å². The van der Waals surface area contributed by atoms with E-state index in [1.807, 2.05) is 6.07 Å². The first-order valence-electron chi connectivity index (χ1n) is 5.29. The fourth-order valence-electron chi connectivity index (χ4n) is 1.60. The number of thioether (sulfide) groups is 1. The molecular formula is C12H10ClN3OS. The zero-order chi connectivity index (χ0) is 13.1. The van der Waals surface area contributed by atoms with Crippen molar-refractivity contribution in [2.45, 2.75) is 6.42 Å². The molecule has 4 nitrogen and oxygen atoms in total. The topological polar surface area (TPSA) is 79.2 Å². The monoisotopic (exact) mass is 279 g/mol. The van der Waals surface area contributed by atoms with Crippen molar-refractivity contribution >= 4 is 40.7 Å². The van der Waals surface area contributed by atoms with Crippen LogP contribution in [0.1, 0.15) is 22.3 Å². The summed E-state index contributed by atoms with van der Waals surface area (Å²) in [6, 6.07) is 4.80. The van der Waals surface area contributed by atoms with E-state index in [-0.39, 0.29) is 16.3 Å². The van der Waals surface area contributed by atoms with Gasteiger partial charge in [-0.25, -0.2) is 4.99 Å². The Labute approximate surface area is 114 Å². The fourth-order valence-corrected chi connectivity index (χ4v) is 2.79. The first kappa shape index (κ1) is 12.9. The standard InChI is InChI=1S/C12H10ClN3OS/c13-10-4-7(5-14)3-9(11(10)15)12(17)16-8-1-2-18-6-8/h3-4H,1-2,6,15H2. The van der Waals surface area contributed by atoms with Crippen LogP contribution >= 0.6 is 23.4 Å². The molecule has 18 heavy (non-hydrogen) atoms. The molecule has 0 spiro atoms. The molecule has 0 aliphatic carbocycles. The lowest BCUT2D eigenvalue weighted by Crippen LogP contribution is -2.06. The van der Waals surface area contributed by atoms with Gasteiger partial charge in [0.15, 0.2) is 0 Å². The van der Waals surface area contributed by atoms with Gasteiger partial charge < -0.3 is 5.73 Å². The number of nitrogen functional groups attached to an aromatic ring is 1. The molecule has 2 rings (SSSR count). The summed E-state index contributed by atoms with van der Waals surface area (Å²) in [5.41, 5.74) is 7.29. The van der Waals surface area contributed by atoms with E-state index in [1.54, 1.807) is 11.8 Å². The Morgan fingerprint density at radius 2 is 2.33 bits per heavy atom. The van der Waals surface area contributed by atoms with Crippen LogP contribution in [0.2, 0.25) is 5.02 Å². The molecule has 1 aliphatic rings. The lowest BCUT2D eigenvalue weighted by molar-refractivity contribution is 0.100. The van der Waals surface area contributed by atoms with E-state index in [2.05, 4.69) is 4.99 Å². The summed E-state index contributed by atoms with van der Waals surface area (Å²) in [4.78, 5) is 16.0. The van der Waals surface area contributed by atoms with Crippen molar-refractivity contribution in [2.24, 2.45) is 4.99 Å². The molecule has 6 heteroatoms. The van der Waals surface area contributed by atoms with Crippen LogP contribution in [-0.2, 0) is 0 Å². The van der Waals surface area contributed by atoms with E-state index in [4.69, 9.17) is 22.6 Å². The largest absolute Gasteiger partial charge is 0.397 e. The number of amides is 1. The van der Waals surface area contributed by atoms with Crippen LogP contribution < -0.4 is 5.73 Å². The van der Waals surface area contributed by atoms with Crippen LogP contribution in [0.5, 0.6) is 0 Å². The minimum atomic E-state index is -0.427. The number of nitriles is 1. The number of nitrogens with two attached hydrogens (primary N) is 1. The van der Waals surface area contributed by atoms with Crippen LogP contribution in [0.4, 0.5) is 5.69 Å². The number of halogens is 1. The summed E-state index contributed by atoms with van der Waals surface area (Å²) in [6.45, 7) is 0. The van der Waals surface area contributed by atoms with E-state index in [0.717, 1.165) is 23.6 Å². The Morgan fingerprint density at radius 1 is 1.56 bits per heavy atom. The highest BCUT2D eigenvalue weighted by molar-refractivity contribution is 8.00. The molecule has 2 N–H and O–H groups in total. The van der Waals surface area contributed by atoms with Gasteiger partial charge in [0.25, 0.3) is 5.91 Å². The SMILES string of the molecule is N#Cc1cc(Cl)c(N)c(C(=O)N=C2CCSC2)c1. The van der Waals surface area contributed by atoms with Crippen molar-refractivity contribution < 1.29 is 4.79 Å². The highest BCUT2D eigenvalue weighted by Crippen LogP contribution is 2.26. The highest BCUT2D eigenvalue weighted by Gasteiger charge is 2.16. The van der Waals surface area contributed by atoms with Gasteiger partial charge in [-0.2, -0.15) is 17.0 Å². The number of carbonyl (C=O) groups is 1. The third-order valence-electron chi connectivity index (χ3n) is 2.55. The number of aliphatic imine (C=N–C) groups is 1. The second-order valence-corrected chi connectivity index (χ2v) is 5.33. The third kappa shape index (κ3) is 2.66. The Hall–Kier alpha value is -1.51. The molecule has 1 amide bonds. The lowest BCUT2D eigenvalue weighted by Gasteiger charge is -2.05. The Kier molecular flexibility index (Phi) is 3.90. The zero-order valence-corrected chi connectivity index (χ0v) is 11.0. The van der Waals surface area contributed by atoms with Gasteiger partial charge in [0.2, 0.25) is 0 Å². The molecule has 1 heterocycles. The number of nitrogens with zero attached hydrogens (tertiary/aromatic N) is 2. The molecule has 0 atom stereocenters. The van der Waals surface area contributed by atoms with Gasteiger partial charge >= 0.3 is 0 Å². The number of anilines is 1. The van der Waals surface area contributed by atoms with Crippen molar-refractivity contribution in [1.29, 1.82) is 5.26 Å². The average molecular weight is 280 g/mol. The summed E-state index contributed by atoms with van der Waals surface area (Å²) in [6.07, 6.45) is 0.821. The molecule has 1 aromatic rings. The highest BCUT2D eigenvalue weighted by atomic mass is 35.5. The molecule has 1 fully saturated rings. The molecule has 0 unspecified atom stereocenters. The predicted octanol–water partition coefficient (Wildman–Crippen LogP) is 2.51. The molecule has 0 radical (unpaired) electrons. The van der Waals surface area contributed by atoms with E-state index < -0.39 is 5.91 Å². The third-order valence-corrected chi connectivity index (χ3v) is 3.90. The summed E-state index contributed by atoms with van der Waals surface area (Å²) in [5, 5.41) is 9.05. The van der Waals surface area contributed by atoms with Crippen LogP contribution in [-0.4, -0.2) is 23.1 Å². The average Bonchev–Trinajstić information content (AvgIpc) is 2.85. The fraction of sp³-hybridized carbons (Fsp3) is 0.250. The van der Waals surface area contributed by atoms with Crippen molar-refractivity contribution in [3.05, 3.63) is 28.3 Å². The quantitative estimate of drug-likeness (QED) is 0.801. The van der Waals surface area contributed by atoms with Crippen LogP contribution in [0.25, 0.3) is 0 Å². The number of hydrogen-bond donors (Lipinski definition) is 1. The minimum Gasteiger partial charge on any atom is -0.397 e. The smallest absolute Gasteiger partial charge is 0.279 e. The second kappa shape index (κ2) is 5.42. The molecule has 0 aromatic heterocycles. The van der Waals surface area contributed by atoms with Crippen molar-refractivity contribution in [2.75, 3.05) is 17.2 Å². The van der Waals surface area contributed by atoms with Crippen molar-refractivity contribution in [3.63, 3.8) is 0 Å². The molecular weight excluding hydrogens is 270 g/mol. The Balaban J connectivity index is 2.38. The molecule has 1 saturated heterocycles. The van der Waals surface area contributed by atoms with Crippen LogP contribution in [0.3, 0.4) is 0 Å². The van der Waals surface area contributed by atoms with E-state index in [0.29, 0.717) is 5.56 Å². The number of rotatable bonds is 1. The number of hydrogen-bond acceptors (Lipinski definition) is 4. The van der Waals surface area contributed by atoms with Gasteiger partial charge in [0.05, 0.1) is 27.9 Å². The molecule has 1 aromatic carbocycles. The summed E-state index contributed by atoms with van der Waals surface area (Å²) in [7, 11) is 0. The molecule has 0 saturated carbocycles. The van der Waals surface area contributed by atoms with Gasteiger partial charge in [-0.1, -0.05) is 11.6 Å². The molecule has 1 aliphatic heterocycles. The van der Waals surface area contributed by atoms with Gasteiger partial charge in [0, 0.05) is 11.5 Å². The lowest BCUT2D eigenvalue weighted by atomic mass is 10.1. The number of benzene rings is 1.